The highest BCUT2D eigenvalue weighted by Gasteiger charge is 2.25. The number of hydrogen-bond acceptors (Lipinski definition) is 8. The molecule has 0 aliphatic carbocycles. The lowest BCUT2D eigenvalue weighted by Gasteiger charge is -2.34. The number of aromatic nitrogens is 2. The number of benzene rings is 1. The number of carbonyl (C=O) groups excluding carboxylic acids is 2. The Morgan fingerprint density at radius 1 is 1.26 bits per heavy atom. The summed E-state index contributed by atoms with van der Waals surface area (Å²) in [6, 6.07) is 7.50. The summed E-state index contributed by atoms with van der Waals surface area (Å²) in [6.07, 6.45) is 1.45. The first-order valence-electron chi connectivity index (χ1n) is 10.3. The Labute approximate surface area is 203 Å². The molecule has 3 aromatic rings. The van der Waals surface area contributed by atoms with Gasteiger partial charge in [-0.15, -0.1) is 11.3 Å². The molecule has 2 aromatic heterocycles. The van der Waals surface area contributed by atoms with Crippen LogP contribution in [0.3, 0.4) is 0 Å². The van der Waals surface area contributed by atoms with E-state index in [4.69, 9.17) is 16.3 Å². The van der Waals surface area contributed by atoms with Crippen LogP contribution >= 0.6 is 22.9 Å². The van der Waals surface area contributed by atoms with Crippen molar-refractivity contribution in [1.82, 2.24) is 19.5 Å². The number of hydrogen-bond donors (Lipinski definition) is 1. The molecule has 12 heteroatoms. The summed E-state index contributed by atoms with van der Waals surface area (Å²) >= 11 is 7.02. The molecule has 4 rings (SSSR count). The fourth-order valence-corrected chi connectivity index (χ4v) is 4.35. The predicted octanol–water partition coefficient (Wildman–Crippen LogP) is 2.95. The number of piperazine rings is 1. The molecule has 0 radical (unpaired) electrons. The van der Waals surface area contributed by atoms with Gasteiger partial charge >= 0.3 is 5.97 Å². The molecule has 1 aliphatic heterocycles. The number of rotatable bonds is 5. The maximum absolute atomic E-state index is 14.2. The molecule has 1 aliphatic rings. The van der Waals surface area contributed by atoms with Crippen molar-refractivity contribution in [2.75, 3.05) is 33.3 Å². The van der Waals surface area contributed by atoms with Gasteiger partial charge in [0.05, 0.1) is 35.2 Å². The second-order valence-electron chi connectivity index (χ2n) is 7.51. The van der Waals surface area contributed by atoms with Crippen LogP contribution in [-0.2, 0) is 11.3 Å². The van der Waals surface area contributed by atoms with Crippen molar-refractivity contribution >= 4 is 40.6 Å². The quantitative estimate of drug-likeness (QED) is 0.423. The Morgan fingerprint density at radius 2 is 2.03 bits per heavy atom. The van der Waals surface area contributed by atoms with Crippen molar-refractivity contribution in [3.63, 3.8) is 0 Å². The van der Waals surface area contributed by atoms with E-state index in [1.807, 2.05) is 0 Å². The van der Waals surface area contributed by atoms with Gasteiger partial charge in [-0.2, -0.15) is 9.72 Å². The fraction of sp³-hybridized carbons (Fsp3) is 0.273. The van der Waals surface area contributed by atoms with E-state index in [-0.39, 0.29) is 22.0 Å². The lowest BCUT2D eigenvalue weighted by molar-refractivity contribution is 0.0594. The van der Waals surface area contributed by atoms with Gasteiger partial charge in [-0.1, -0.05) is 17.7 Å². The predicted molar refractivity (Wildman–Crippen MR) is 123 cm³/mol. The fourth-order valence-electron chi connectivity index (χ4n) is 3.57. The molecule has 0 saturated carbocycles. The van der Waals surface area contributed by atoms with Crippen molar-refractivity contribution in [1.29, 1.82) is 0 Å². The number of esters is 1. The largest absolute Gasteiger partial charge is 0.465 e. The van der Waals surface area contributed by atoms with Crippen LogP contribution < -0.4 is 4.80 Å². The van der Waals surface area contributed by atoms with E-state index in [0.717, 1.165) is 4.73 Å². The van der Waals surface area contributed by atoms with Gasteiger partial charge in [-0.05, 0) is 24.3 Å². The molecule has 34 heavy (non-hydrogen) atoms. The Balaban J connectivity index is 1.48. The van der Waals surface area contributed by atoms with E-state index >= 15 is 0 Å². The average molecular weight is 506 g/mol. The van der Waals surface area contributed by atoms with Crippen molar-refractivity contribution in [2.45, 2.75) is 6.54 Å². The van der Waals surface area contributed by atoms with Crippen molar-refractivity contribution in [3.8, 4) is 0 Å². The number of nitrogens with zero attached hydrogens (tertiary/aromatic N) is 5. The van der Waals surface area contributed by atoms with E-state index in [9.17, 15) is 19.2 Å². The first-order chi connectivity index (χ1) is 16.4. The van der Waals surface area contributed by atoms with Gasteiger partial charge in [0.15, 0.2) is 11.6 Å². The first-order valence-corrected chi connectivity index (χ1v) is 11.6. The van der Waals surface area contributed by atoms with E-state index in [1.54, 1.807) is 22.4 Å². The summed E-state index contributed by atoms with van der Waals surface area (Å²) in [6.45, 7) is 2.28. The van der Waals surface area contributed by atoms with E-state index in [1.165, 1.54) is 42.8 Å². The third-order valence-corrected chi connectivity index (χ3v) is 6.33. The molecule has 0 atom stereocenters. The second-order valence-corrected chi connectivity index (χ2v) is 8.79. The minimum atomic E-state index is -0.716. The summed E-state index contributed by atoms with van der Waals surface area (Å²) in [5.74, 6) is -1.39. The van der Waals surface area contributed by atoms with E-state index < -0.39 is 17.7 Å². The van der Waals surface area contributed by atoms with Crippen LogP contribution in [-0.4, -0.2) is 69.9 Å². The monoisotopic (exact) mass is 505 g/mol. The number of halogens is 2. The van der Waals surface area contributed by atoms with E-state index in [2.05, 4.69) is 14.9 Å². The molecule has 178 valence electrons. The Hall–Kier alpha value is -3.28. The lowest BCUT2D eigenvalue weighted by Crippen LogP contribution is -2.48. The van der Waals surface area contributed by atoms with E-state index in [0.29, 0.717) is 43.2 Å². The Bertz CT molecular complexity index is 1290. The highest BCUT2D eigenvalue weighted by atomic mass is 35.5. The molecular weight excluding hydrogens is 485 g/mol. The van der Waals surface area contributed by atoms with Gasteiger partial charge in [0, 0.05) is 38.1 Å². The number of ether oxygens (including phenoxy) is 1. The van der Waals surface area contributed by atoms with Crippen LogP contribution in [0.2, 0.25) is 5.02 Å². The third-order valence-electron chi connectivity index (χ3n) is 5.29. The zero-order chi connectivity index (χ0) is 24.2. The highest BCUT2D eigenvalue weighted by molar-refractivity contribution is 7.07. The maximum Gasteiger partial charge on any atom is 0.338 e. The van der Waals surface area contributed by atoms with Crippen LogP contribution in [0.25, 0.3) is 0 Å². The number of carbonyl (C=O) groups is 2. The zero-order valence-corrected chi connectivity index (χ0v) is 19.7. The molecule has 1 aromatic carbocycles. The Morgan fingerprint density at radius 3 is 2.71 bits per heavy atom. The summed E-state index contributed by atoms with van der Waals surface area (Å²) in [5, 5.41) is 11.4. The SMILES string of the molecule is COC(=O)c1cc(CN2CCN(C(=O)c3cccc(Cl)c3F)CC2)nc(/N=c2\sccn2O)c1. The molecule has 1 N–H and O–H groups in total. The minimum absolute atomic E-state index is 0.0469. The number of pyridine rings is 1. The molecule has 1 fully saturated rings. The standard InChI is InChI=1S/C22H21ClFN5O4S/c1-33-21(31)14-11-15(25-18(12-14)26-22-29(32)9-10-34-22)13-27-5-7-28(8-6-27)20(30)16-3-2-4-17(23)19(16)24/h2-4,9-12,32H,5-8,13H2,1H3/b26-22-. The Kier molecular flexibility index (Phi) is 7.25. The van der Waals surface area contributed by atoms with Crippen LogP contribution in [0.5, 0.6) is 0 Å². The molecule has 3 heterocycles. The molecule has 9 nitrogen and oxygen atoms in total. The molecule has 0 unspecified atom stereocenters. The number of methoxy groups -OCH3 is 1. The van der Waals surface area contributed by atoms with Crippen LogP contribution in [0, 0.1) is 5.82 Å². The van der Waals surface area contributed by atoms with Gasteiger partial charge in [0.2, 0.25) is 4.80 Å². The second kappa shape index (κ2) is 10.3. The molecule has 0 bridgehead atoms. The smallest absolute Gasteiger partial charge is 0.338 e. The summed E-state index contributed by atoms with van der Waals surface area (Å²) in [4.78, 5) is 37.6. The first kappa shape index (κ1) is 23.9. The van der Waals surface area contributed by atoms with Gasteiger partial charge in [-0.3, -0.25) is 9.69 Å². The van der Waals surface area contributed by atoms with Gasteiger partial charge < -0.3 is 14.8 Å². The lowest BCUT2D eigenvalue weighted by atomic mass is 10.1. The molecule has 0 spiro atoms. The van der Waals surface area contributed by atoms with Gasteiger partial charge in [0.1, 0.15) is 0 Å². The van der Waals surface area contributed by atoms with Crippen molar-refractivity contribution < 1.29 is 23.9 Å². The normalized spacial score (nSPS) is 14.9. The van der Waals surface area contributed by atoms with Crippen molar-refractivity contribution in [3.05, 3.63) is 74.4 Å². The molecule has 1 amide bonds. The molecule has 1 saturated heterocycles. The van der Waals surface area contributed by atoms with Crippen molar-refractivity contribution in [2.24, 2.45) is 4.99 Å². The minimum Gasteiger partial charge on any atom is -0.465 e. The van der Waals surface area contributed by atoms with Gasteiger partial charge in [0.25, 0.3) is 5.91 Å². The number of amides is 1. The highest BCUT2D eigenvalue weighted by Crippen LogP contribution is 2.21. The zero-order valence-electron chi connectivity index (χ0n) is 18.1. The van der Waals surface area contributed by atoms with Gasteiger partial charge in [-0.25, -0.2) is 14.2 Å². The summed E-state index contributed by atoms with van der Waals surface area (Å²) < 4.78 is 19.9. The van der Waals surface area contributed by atoms with Crippen LogP contribution in [0.1, 0.15) is 26.4 Å². The maximum atomic E-state index is 14.2. The van der Waals surface area contributed by atoms with Crippen LogP contribution in [0.4, 0.5) is 10.2 Å². The average Bonchev–Trinajstić information content (AvgIpc) is 3.24. The van der Waals surface area contributed by atoms with Crippen LogP contribution in [0.15, 0.2) is 46.9 Å². The molecular formula is C22H21ClFN5O4S. The summed E-state index contributed by atoms with van der Waals surface area (Å²) in [7, 11) is 1.29. The third kappa shape index (κ3) is 5.27. The summed E-state index contributed by atoms with van der Waals surface area (Å²) in [5.41, 5.74) is 0.829. The number of thiazole rings is 1. The topological polar surface area (TPSA) is 100 Å².